The van der Waals surface area contributed by atoms with Gasteiger partial charge in [0.25, 0.3) is 0 Å². The van der Waals surface area contributed by atoms with E-state index in [9.17, 15) is 5.11 Å². The minimum Gasteiger partial charge on any atom is -0.461 e. The number of aliphatic hydroxyl groups is 1. The van der Waals surface area contributed by atoms with Crippen LogP contribution in [0.1, 0.15) is 0 Å². The molecule has 3 aromatic rings. The maximum atomic E-state index is 9.59. The Hall–Kier alpha value is -1.89. The maximum absolute atomic E-state index is 9.59. The van der Waals surface area contributed by atoms with Crippen LogP contribution < -0.4 is 0 Å². The summed E-state index contributed by atoms with van der Waals surface area (Å²) in [7, 11) is 0. The van der Waals surface area contributed by atoms with Crippen LogP contribution >= 0.6 is 11.8 Å². The molecule has 1 aromatic carbocycles. The number of nitrogens with zero attached hydrogens (tertiary/aromatic N) is 2. The number of para-hydroxylation sites is 1. The lowest BCUT2D eigenvalue weighted by Gasteiger charge is -2.39. The SMILES string of the molecule is OCC1(CSc2nc(-c3ccco3)nc3ccccc23)COC1. The summed E-state index contributed by atoms with van der Waals surface area (Å²) < 4.78 is 10.7. The molecule has 0 spiro atoms. The van der Waals surface area contributed by atoms with Gasteiger partial charge in [-0.15, -0.1) is 11.8 Å². The highest BCUT2D eigenvalue weighted by Crippen LogP contribution is 2.36. The van der Waals surface area contributed by atoms with Crippen molar-refractivity contribution in [3.05, 3.63) is 42.7 Å². The molecular formula is C17H16N2O3S. The van der Waals surface area contributed by atoms with E-state index in [1.807, 2.05) is 36.4 Å². The van der Waals surface area contributed by atoms with Crippen molar-refractivity contribution in [3.8, 4) is 11.6 Å². The Morgan fingerprint density at radius 1 is 1.13 bits per heavy atom. The molecule has 0 radical (unpaired) electrons. The number of furan rings is 1. The van der Waals surface area contributed by atoms with Crippen molar-refractivity contribution in [1.82, 2.24) is 9.97 Å². The number of hydrogen-bond donors (Lipinski definition) is 1. The zero-order valence-electron chi connectivity index (χ0n) is 12.4. The molecule has 0 saturated carbocycles. The van der Waals surface area contributed by atoms with Gasteiger partial charge in [-0.2, -0.15) is 0 Å². The molecule has 1 fully saturated rings. The van der Waals surface area contributed by atoms with Gasteiger partial charge >= 0.3 is 0 Å². The molecule has 0 aliphatic carbocycles. The first-order valence-corrected chi connectivity index (χ1v) is 8.40. The molecule has 0 unspecified atom stereocenters. The molecule has 6 heteroatoms. The van der Waals surface area contributed by atoms with Gasteiger partial charge in [0.15, 0.2) is 11.6 Å². The molecule has 3 heterocycles. The average Bonchev–Trinajstić information content (AvgIpc) is 3.08. The first kappa shape index (κ1) is 14.7. The van der Waals surface area contributed by atoms with Crippen LogP contribution in [0.2, 0.25) is 0 Å². The number of aliphatic hydroxyl groups excluding tert-OH is 1. The van der Waals surface area contributed by atoms with Crippen molar-refractivity contribution >= 4 is 22.7 Å². The van der Waals surface area contributed by atoms with E-state index in [2.05, 4.69) is 9.97 Å². The Kier molecular flexibility index (Phi) is 3.80. The summed E-state index contributed by atoms with van der Waals surface area (Å²) in [5.74, 6) is 2.00. The number of fused-ring (bicyclic) bond motifs is 1. The van der Waals surface area contributed by atoms with E-state index < -0.39 is 0 Å². The van der Waals surface area contributed by atoms with Crippen LogP contribution in [0.15, 0.2) is 52.1 Å². The highest BCUT2D eigenvalue weighted by atomic mass is 32.2. The topological polar surface area (TPSA) is 68.4 Å². The lowest BCUT2D eigenvalue weighted by Crippen LogP contribution is -2.47. The van der Waals surface area contributed by atoms with Gasteiger partial charge in [-0.25, -0.2) is 9.97 Å². The van der Waals surface area contributed by atoms with Gasteiger partial charge in [0.05, 0.1) is 31.6 Å². The molecule has 1 saturated heterocycles. The van der Waals surface area contributed by atoms with E-state index >= 15 is 0 Å². The second-order valence-electron chi connectivity index (χ2n) is 5.79. The first-order chi connectivity index (χ1) is 11.3. The predicted molar refractivity (Wildman–Crippen MR) is 88.3 cm³/mol. The molecule has 5 nitrogen and oxygen atoms in total. The number of thioether (sulfide) groups is 1. The van der Waals surface area contributed by atoms with Crippen molar-refractivity contribution < 1.29 is 14.3 Å². The summed E-state index contributed by atoms with van der Waals surface area (Å²) in [5, 5.41) is 11.5. The number of benzene rings is 1. The van der Waals surface area contributed by atoms with Crippen LogP contribution in [0.3, 0.4) is 0 Å². The third-order valence-electron chi connectivity index (χ3n) is 3.98. The van der Waals surface area contributed by atoms with E-state index in [1.165, 1.54) is 0 Å². The number of aromatic nitrogens is 2. The molecule has 1 aliphatic rings. The summed E-state index contributed by atoms with van der Waals surface area (Å²) in [5.41, 5.74) is 0.737. The quantitative estimate of drug-likeness (QED) is 0.573. The van der Waals surface area contributed by atoms with E-state index in [-0.39, 0.29) is 12.0 Å². The molecule has 1 N–H and O–H groups in total. The van der Waals surface area contributed by atoms with Gasteiger partial charge in [-0.3, -0.25) is 0 Å². The van der Waals surface area contributed by atoms with Crippen LogP contribution in [-0.4, -0.2) is 40.6 Å². The minimum atomic E-state index is -0.151. The van der Waals surface area contributed by atoms with E-state index in [0.29, 0.717) is 24.8 Å². The van der Waals surface area contributed by atoms with Crippen LogP contribution in [-0.2, 0) is 4.74 Å². The fraction of sp³-hybridized carbons (Fsp3) is 0.294. The summed E-state index contributed by atoms with van der Waals surface area (Å²) in [6.07, 6.45) is 1.62. The standard InChI is InChI=1S/C17H16N2O3S/c20-8-17(9-21-10-17)11-23-16-12-4-1-2-5-13(12)18-15(19-16)14-6-3-7-22-14/h1-7,20H,8-11H2. The van der Waals surface area contributed by atoms with Gasteiger partial charge in [0, 0.05) is 16.6 Å². The number of rotatable bonds is 5. The van der Waals surface area contributed by atoms with Crippen molar-refractivity contribution in [3.63, 3.8) is 0 Å². The Morgan fingerprint density at radius 3 is 2.70 bits per heavy atom. The molecule has 0 bridgehead atoms. The fourth-order valence-corrected chi connectivity index (χ4v) is 3.69. The monoisotopic (exact) mass is 328 g/mol. The molecule has 2 aromatic heterocycles. The van der Waals surface area contributed by atoms with Crippen LogP contribution in [0.5, 0.6) is 0 Å². The number of ether oxygens (including phenoxy) is 1. The van der Waals surface area contributed by atoms with E-state index in [1.54, 1.807) is 18.0 Å². The zero-order valence-corrected chi connectivity index (χ0v) is 13.3. The van der Waals surface area contributed by atoms with Crippen LogP contribution in [0.25, 0.3) is 22.5 Å². The highest BCUT2D eigenvalue weighted by molar-refractivity contribution is 7.99. The third kappa shape index (κ3) is 2.73. The summed E-state index contributed by atoms with van der Waals surface area (Å²) >= 11 is 1.64. The minimum absolute atomic E-state index is 0.133. The van der Waals surface area contributed by atoms with Gasteiger partial charge in [0.1, 0.15) is 5.03 Å². The Morgan fingerprint density at radius 2 is 2.00 bits per heavy atom. The van der Waals surface area contributed by atoms with Crippen molar-refractivity contribution in [2.75, 3.05) is 25.6 Å². The van der Waals surface area contributed by atoms with Crippen molar-refractivity contribution in [2.45, 2.75) is 5.03 Å². The molecule has 0 amide bonds. The second-order valence-corrected chi connectivity index (χ2v) is 6.75. The molecule has 0 atom stereocenters. The lowest BCUT2D eigenvalue weighted by atomic mass is 9.90. The molecule has 4 rings (SSSR count). The van der Waals surface area contributed by atoms with Gasteiger partial charge in [-0.05, 0) is 18.2 Å². The molecular weight excluding hydrogens is 312 g/mol. The first-order valence-electron chi connectivity index (χ1n) is 7.42. The van der Waals surface area contributed by atoms with Crippen LogP contribution in [0, 0.1) is 5.41 Å². The highest BCUT2D eigenvalue weighted by Gasteiger charge is 2.38. The lowest BCUT2D eigenvalue weighted by molar-refractivity contribution is -0.121. The van der Waals surface area contributed by atoms with E-state index in [0.717, 1.165) is 21.7 Å². The normalized spacial score (nSPS) is 16.4. The maximum Gasteiger partial charge on any atom is 0.197 e. The smallest absolute Gasteiger partial charge is 0.197 e. The predicted octanol–water partition coefficient (Wildman–Crippen LogP) is 2.99. The van der Waals surface area contributed by atoms with Crippen LogP contribution in [0.4, 0.5) is 0 Å². The Balaban J connectivity index is 1.71. The Labute approximate surface area is 137 Å². The van der Waals surface area contributed by atoms with Crippen molar-refractivity contribution in [1.29, 1.82) is 0 Å². The van der Waals surface area contributed by atoms with E-state index in [4.69, 9.17) is 9.15 Å². The molecule has 118 valence electrons. The van der Waals surface area contributed by atoms with Crippen molar-refractivity contribution in [2.24, 2.45) is 5.41 Å². The summed E-state index contributed by atoms with van der Waals surface area (Å²) in [6.45, 7) is 1.34. The largest absolute Gasteiger partial charge is 0.461 e. The van der Waals surface area contributed by atoms with Gasteiger partial charge in [0.2, 0.25) is 0 Å². The Bertz CT molecular complexity index is 810. The number of hydrogen-bond acceptors (Lipinski definition) is 6. The second kappa shape index (κ2) is 5.96. The molecule has 1 aliphatic heterocycles. The summed E-state index contributed by atoms with van der Waals surface area (Å²) in [6, 6.07) is 11.6. The fourth-order valence-electron chi connectivity index (χ4n) is 2.51. The zero-order chi connectivity index (χ0) is 15.7. The molecule has 23 heavy (non-hydrogen) atoms. The summed E-state index contributed by atoms with van der Waals surface area (Å²) in [4.78, 5) is 9.26. The van der Waals surface area contributed by atoms with Gasteiger partial charge < -0.3 is 14.3 Å². The average molecular weight is 328 g/mol. The third-order valence-corrected chi connectivity index (χ3v) is 5.32. The van der Waals surface area contributed by atoms with Gasteiger partial charge in [-0.1, -0.05) is 18.2 Å².